The van der Waals surface area contributed by atoms with Crippen molar-refractivity contribution in [3.8, 4) is 0 Å². The summed E-state index contributed by atoms with van der Waals surface area (Å²) in [7, 11) is 0. The number of hydrogen-bond acceptors (Lipinski definition) is 4. The van der Waals surface area contributed by atoms with Crippen LogP contribution in [0.25, 0.3) is 0 Å². The summed E-state index contributed by atoms with van der Waals surface area (Å²) in [4.78, 5) is 2.56. The van der Waals surface area contributed by atoms with E-state index in [1.807, 2.05) is 0 Å². The zero-order valence-electron chi connectivity index (χ0n) is 16.5. The zero-order valence-corrected chi connectivity index (χ0v) is 16.5. The van der Waals surface area contributed by atoms with E-state index in [1.165, 1.54) is 25.8 Å². The molecule has 3 aliphatic rings. The molecular weight excluding hydrogens is 312 g/mol. The third kappa shape index (κ3) is 2.98. The Morgan fingerprint density at radius 1 is 1.20 bits per heavy atom. The lowest BCUT2D eigenvalue weighted by molar-refractivity contribution is -0.0230. The minimum atomic E-state index is -0.198. The monoisotopic (exact) mass is 346 g/mol. The lowest BCUT2D eigenvalue weighted by Crippen LogP contribution is -2.60. The summed E-state index contributed by atoms with van der Waals surface area (Å²) in [5.74, 6) is 5.58. The van der Waals surface area contributed by atoms with Crippen LogP contribution in [0.2, 0.25) is 0 Å². The first-order chi connectivity index (χ1) is 11.9. The Morgan fingerprint density at radius 2 is 1.96 bits per heavy atom. The van der Waals surface area contributed by atoms with Crippen molar-refractivity contribution in [1.82, 2.24) is 14.8 Å². The van der Waals surface area contributed by atoms with Crippen LogP contribution in [0.3, 0.4) is 0 Å². The molecule has 0 aromatic carbocycles. The van der Waals surface area contributed by atoms with Gasteiger partial charge in [0.05, 0.1) is 12.1 Å². The molecule has 2 heterocycles. The number of aromatic nitrogens is 3. The van der Waals surface area contributed by atoms with Gasteiger partial charge >= 0.3 is 0 Å². The van der Waals surface area contributed by atoms with E-state index in [-0.39, 0.29) is 5.60 Å². The van der Waals surface area contributed by atoms with Gasteiger partial charge in [-0.25, -0.2) is 0 Å². The molecule has 1 aromatic heterocycles. The first kappa shape index (κ1) is 17.3. The van der Waals surface area contributed by atoms with Crippen LogP contribution in [0.15, 0.2) is 0 Å². The second-order valence-corrected chi connectivity index (χ2v) is 9.43. The van der Waals surface area contributed by atoms with Gasteiger partial charge in [-0.15, -0.1) is 10.2 Å². The Bertz CT molecular complexity index is 621. The molecule has 5 nitrogen and oxygen atoms in total. The Morgan fingerprint density at radius 3 is 2.64 bits per heavy atom. The van der Waals surface area contributed by atoms with Crippen molar-refractivity contribution < 1.29 is 4.74 Å². The fourth-order valence-electron chi connectivity index (χ4n) is 5.58. The molecule has 0 spiro atoms. The highest BCUT2D eigenvalue weighted by Gasteiger charge is 2.57. The van der Waals surface area contributed by atoms with E-state index in [0.29, 0.717) is 5.92 Å². The zero-order chi connectivity index (χ0) is 17.8. The number of fused-ring (bicyclic) bond motifs is 5. The Kier molecular flexibility index (Phi) is 4.33. The van der Waals surface area contributed by atoms with Crippen LogP contribution in [-0.4, -0.2) is 39.6 Å². The molecule has 0 radical (unpaired) electrons. The highest BCUT2D eigenvalue weighted by atomic mass is 16.5. The Balaban J connectivity index is 1.60. The number of anilines is 1. The van der Waals surface area contributed by atoms with Gasteiger partial charge in [-0.1, -0.05) is 13.8 Å². The minimum Gasteiger partial charge on any atom is -0.374 e. The molecule has 4 rings (SSSR count). The fraction of sp³-hybridized carbons (Fsp3) is 0.900. The maximum absolute atomic E-state index is 5.99. The molecule has 1 saturated heterocycles. The second-order valence-electron chi connectivity index (χ2n) is 9.43. The summed E-state index contributed by atoms with van der Waals surface area (Å²) in [6.07, 6.45) is 5.30. The molecule has 4 unspecified atom stereocenters. The van der Waals surface area contributed by atoms with Crippen LogP contribution >= 0.6 is 0 Å². The predicted molar refractivity (Wildman–Crippen MR) is 99.7 cm³/mol. The average Bonchev–Trinajstić information content (AvgIpc) is 3.13. The third-order valence-corrected chi connectivity index (χ3v) is 6.54. The molecule has 2 saturated carbocycles. The Hall–Kier alpha value is -1.10. The van der Waals surface area contributed by atoms with Crippen molar-refractivity contribution in [2.24, 2.45) is 23.7 Å². The molecule has 25 heavy (non-hydrogen) atoms. The summed E-state index contributed by atoms with van der Waals surface area (Å²) < 4.78 is 8.35. The smallest absolute Gasteiger partial charge is 0.227 e. The molecule has 2 bridgehead atoms. The summed E-state index contributed by atoms with van der Waals surface area (Å²) in [6, 6.07) is 0.726. The molecule has 1 aromatic rings. The standard InChI is InChI=1S/C20H34N4O/c1-6-25-20(4,5)12-24-17(9-13(2)3)21-22-19(24)23-11-16-14-7-8-15(10-14)18(16)23/h13-16,18H,6-12H2,1-5H3. The van der Waals surface area contributed by atoms with Crippen LogP contribution in [-0.2, 0) is 17.7 Å². The van der Waals surface area contributed by atoms with E-state index in [1.54, 1.807) is 0 Å². The van der Waals surface area contributed by atoms with Crippen molar-refractivity contribution in [3.05, 3.63) is 5.82 Å². The van der Waals surface area contributed by atoms with E-state index in [2.05, 4.69) is 54.3 Å². The average molecular weight is 347 g/mol. The van der Waals surface area contributed by atoms with Gasteiger partial charge in [0.2, 0.25) is 5.95 Å². The van der Waals surface area contributed by atoms with Gasteiger partial charge < -0.3 is 9.64 Å². The molecule has 5 heteroatoms. The van der Waals surface area contributed by atoms with Gasteiger partial charge in [0.25, 0.3) is 0 Å². The van der Waals surface area contributed by atoms with Gasteiger partial charge in [-0.05, 0) is 57.8 Å². The van der Waals surface area contributed by atoms with Crippen LogP contribution < -0.4 is 4.90 Å². The van der Waals surface area contributed by atoms with Crippen LogP contribution in [0.1, 0.15) is 59.7 Å². The molecule has 140 valence electrons. The van der Waals surface area contributed by atoms with E-state index < -0.39 is 0 Å². The quantitative estimate of drug-likeness (QED) is 0.757. The number of ether oxygens (including phenoxy) is 1. The largest absolute Gasteiger partial charge is 0.374 e. The summed E-state index contributed by atoms with van der Waals surface area (Å²) in [5.41, 5.74) is -0.198. The highest BCUT2D eigenvalue weighted by molar-refractivity contribution is 5.41. The molecule has 2 aliphatic carbocycles. The highest BCUT2D eigenvalue weighted by Crippen LogP contribution is 2.56. The molecule has 4 atom stereocenters. The van der Waals surface area contributed by atoms with E-state index in [9.17, 15) is 0 Å². The van der Waals surface area contributed by atoms with Crippen molar-refractivity contribution >= 4 is 5.95 Å². The van der Waals surface area contributed by atoms with Gasteiger partial charge in [-0.3, -0.25) is 4.57 Å². The fourth-order valence-corrected chi connectivity index (χ4v) is 5.58. The molecule has 0 N–H and O–H groups in total. The van der Waals surface area contributed by atoms with E-state index in [0.717, 1.165) is 55.1 Å². The van der Waals surface area contributed by atoms with Crippen molar-refractivity contribution in [1.29, 1.82) is 0 Å². The summed E-state index contributed by atoms with van der Waals surface area (Å²) in [6.45, 7) is 13.7. The van der Waals surface area contributed by atoms with Crippen LogP contribution in [0.5, 0.6) is 0 Å². The maximum atomic E-state index is 5.99. The van der Waals surface area contributed by atoms with Crippen LogP contribution in [0.4, 0.5) is 5.95 Å². The molecule has 3 fully saturated rings. The number of rotatable bonds is 7. The molecule has 0 amide bonds. The normalized spacial score (nSPS) is 30.9. The van der Waals surface area contributed by atoms with Gasteiger partial charge in [0.15, 0.2) is 0 Å². The minimum absolute atomic E-state index is 0.198. The lowest BCUT2D eigenvalue weighted by Gasteiger charge is -2.51. The summed E-state index contributed by atoms with van der Waals surface area (Å²) in [5, 5.41) is 9.26. The SMILES string of the molecule is CCOC(C)(C)Cn1c(CC(C)C)nnc1N1CC2C3CCC(C3)C21. The van der Waals surface area contributed by atoms with Gasteiger partial charge in [0.1, 0.15) is 5.82 Å². The van der Waals surface area contributed by atoms with Crippen molar-refractivity contribution in [2.45, 2.75) is 78.5 Å². The number of nitrogens with zero attached hydrogens (tertiary/aromatic N) is 4. The van der Waals surface area contributed by atoms with Crippen molar-refractivity contribution in [3.63, 3.8) is 0 Å². The van der Waals surface area contributed by atoms with E-state index in [4.69, 9.17) is 4.74 Å². The van der Waals surface area contributed by atoms with E-state index >= 15 is 0 Å². The first-order valence-electron chi connectivity index (χ1n) is 10.2. The predicted octanol–water partition coefficient (Wildman–Crippen LogP) is 3.53. The number of hydrogen-bond donors (Lipinski definition) is 0. The van der Waals surface area contributed by atoms with Gasteiger partial charge in [0, 0.05) is 31.5 Å². The summed E-state index contributed by atoms with van der Waals surface area (Å²) >= 11 is 0. The second kappa shape index (κ2) is 6.26. The topological polar surface area (TPSA) is 43.2 Å². The molecule has 1 aliphatic heterocycles. The molecular formula is C20H34N4O. The Labute approximate surface area is 152 Å². The maximum Gasteiger partial charge on any atom is 0.227 e. The third-order valence-electron chi connectivity index (χ3n) is 6.54. The first-order valence-corrected chi connectivity index (χ1v) is 10.2. The lowest BCUT2D eigenvalue weighted by atomic mass is 9.77. The van der Waals surface area contributed by atoms with Crippen LogP contribution in [0, 0.1) is 23.7 Å². The van der Waals surface area contributed by atoms with Crippen molar-refractivity contribution in [2.75, 3.05) is 18.1 Å². The van der Waals surface area contributed by atoms with Gasteiger partial charge in [-0.2, -0.15) is 0 Å².